The van der Waals surface area contributed by atoms with Crippen LogP contribution in [0.15, 0.2) is 29.2 Å². The van der Waals surface area contributed by atoms with Gasteiger partial charge in [0.25, 0.3) is 0 Å². The Balaban J connectivity index is 1.83. The van der Waals surface area contributed by atoms with Gasteiger partial charge in [-0.25, -0.2) is 0 Å². The Morgan fingerprint density at radius 2 is 2.25 bits per heavy atom. The molecule has 0 saturated carbocycles. The van der Waals surface area contributed by atoms with Crippen molar-refractivity contribution in [3.05, 3.63) is 40.3 Å². The molecule has 0 bridgehead atoms. The highest BCUT2D eigenvalue weighted by Gasteiger charge is 2.40. The fourth-order valence-electron chi connectivity index (χ4n) is 3.36. The fourth-order valence-corrected chi connectivity index (χ4v) is 4.02. The van der Waals surface area contributed by atoms with Crippen LogP contribution >= 0.6 is 11.3 Å². The van der Waals surface area contributed by atoms with Crippen molar-refractivity contribution in [3.8, 4) is 0 Å². The minimum Gasteiger partial charge on any atom is -0.341 e. The number of likely N-dealkylation sites (tertiary alicyclic amines) is 1. The highest BCUT2D eigenvalue weighted by molar-refractivity contribution is 7.07. The molecule has 0 aromatic carbocycles. The smallest absolute Gasteiger partial charge is 0.228 e. The molecule has 2 aromatic heterocycles. The Morgan fingerprint density at radius 1 is 1.46 bits per heavy atom. The van der Waals surface area contributed by atoms with Gasteiger partial charge in [0.05, 0.1) is 18.2 Å². The number of aryl methyl sites for hydroxylation is 1. The lowest BCUT2D eigenvalue weighted by Crippen LogP contribution is -2.46. The zero-order valence-corrected chi connectivity index (χ0v) is 15.0. The van der Waals surface area contributed by atoms with Gasteiger partial charge >= 0.3 is 0 Å². The molecular formula is C17H22N4O2S. The molecule has 24 heavy (non-hydrogen) atoms. The monoisotopic (exact) mass is 346 g/mol. The summed E-state index contributed by atoms with van der Waals surface area (Å²) in [4.78, 5) is 28.6. The van der Waals surface area contributed by atoms with Gasteiger partial charge in [-0.2, -0.15) is 16.4 Å². The predicted octanol–water partition coefficient (Wildman–Crippen LogP) is 2.05. The van der Waals surface area contributed by atoms with Crippen molar-refractivity contribution >= 4 is 23.2 Å². The molecule has 128 valence electrons. The minimum absolute atomic E-state index is 0.0772. The van der Waals surface area contributed by atoms with E-state index in [0.29, 0.717) is 19.4 Å². The number of hydrogen-bond acceptors (Lipinski definition) is 4. The molecule has 0 spiro atoms. The molecule has 6 nitrogen and oxygen atoms in total. The Morgan fingerprint density at radius 3 is 2.88 bits per heavy atom. The van der Waals surface area contributed by atoms with Crippen molar-refractivity contribution in [1.29, 1.82) is 0 Å². The summed E-state index contributed by atoms with van der Waals surface area (Å²) in [6, 6.07) is 1.78. The normalized spacial score (nSPS) is 21.1. The maximum atomic E-state index is 13.0. The number of rotatable bonds is 4. The van der Waals surface area contributed by atoms with Gasteiger partial charge in [-0.3, -0.25) is 14.3 Å². The third-order valence-electron chi connectivity index (χ3n) is 4.62. The number of carbonyl (C=O) groups is 2. The van der Waals surface area contributed by atoms with Crippen molar-refractivity contribution in [1.82, 2.24) is 19.6 Å². The molecule has 2 atom stereocenters. The first kappa shape index (κ1) is 16.7. The van der Waals surface area contributed by atoms with Crippen LogP contribution in [-0.4, -0.2) is 45.5 Å². The van der Waals surface area contributed by atoms with E-state index in [1.165, 1.54) is 0 Å². The van der Waals surface area contributed by atoms with E-state index in [1.54, 1.807) is 39.1 Å². The van der Waals surface area contributed by atoms with Gasteiger partial charge in [0.1, 0.15) is 0 Å². The molecule has 0 N–H and O–H groups in total. The molecule has 0 aliphatic carbocycles. The van der Waals surface area contributed by atoms with Gasteiger partial charge in [-0.05, 0) is 28.8 Å². The molecule has 1 saturated heterocycles. The van der Waals surface area contributed by atoms with E-state index in [4.69, 9.17) is 0 Å². The zero-order valence-electron chi connectivity index (χ0n) is 14.2. The van der Waals surface area contributed by atoms with Gasteiger partial charge < -0.3 is 9.80 Å². The number of amides is 2. The third-order valence-corrected chi connectivity index (χ3v) is 5.35. The van der Waals surface area contributed by atoms with E-state index in [9.17, 15) is 9.59 Å². The lowest BCUT2D eigenvalue weighted by Gasteiger charge is -2.39. The molecule has 2 amide bonds. The summed E-state index contributed by atoms with van der Waals surface area (Å²) in [6.45, 7) is 0.594. The average molecular weight is 346 g/mol. The van der Waals surface area contributed by atoms with Crippen LogP contribution in [0.3, 0.4) is 0 Å². The lowest BCUT2D eigenvalue weighted by molar-refractivity contribution is -0.146. The molecule has 3 rings (SSSR count). The van der Waals surface area contributed by atoms with Crippen LogP contribution in [0.5, 0.6) is 0 Å². The molecular weight excluding hydrogens is 324 g/mol. The predicted molar refractivity (Wildman–Crippen MR) is 92.2 cm³/mol. The van der Waals surface area contributed by atoms with Crippen LogP contribution in [0.4, 0.5) is 0 Å². The minimum atomic E-state index is -0.252. The van der Waals surface area contributed by atoms with Crippen molar-refractivity contribution in [3.63, 3.8) is 0 Å². The van der Waals surface area contributed by atoms with Crippen LogP contribution < -0.4 is 0 Å². The molecule has 1 aliphatic rings. The summed E-state index contributed by atoms with van der Waals surface area (Å²) in [5.41, 5.74) is 2.05. The van der Waals surface area contributed by atoms with Crippen LogP contribution in [0.1, 0.15) is 30.0 Å². The first-order valence-electron chi connectivity index (χ1n) is 7.97. The van der Waals surface area contributed by atoms with Crippen LogP contribution in [0, 0.1) is 5.92 Å². The summed E-state index contributed by atoms with van der Waals surface area (Å²) in [5, 5.41) is 8.27. The zero-order chi connectivity index (χ0) is 17.3. The maximum Gasteiger partial charge on any atom is 0.228 e. The summed E-state index contributed by atoms with van der Waals surface area (Å²) < 4.78 is 1.71. The van der Waals surface area contributed by atoms with Gasteiger partial charge in [0.15, 0.2) is 0 Å². The van der Waals surface area contributed by atoms with Gasteiger partial charge in [0.2, 0.25) is 11.8 Å². The van der Waals surface area contributed by atoms with E-state index >= 15 is 0 Å². The number of hydrogen-bond donors (Lipinski definition) is 0. The fraction of sp³-hybridized carbons (Fsp3) is 0.471. The highest BCUT2D eigenvalue weighted by Crippen LogP contribution is 2.36. The molecule has 1 aliphatic heterocycles. The number of thiophene rings is 1. The van der Waals surface area contributed by atoms with Gasteiger partial charge in [-0.15, -0.1) is 0 Å². The molecule has 3 heterocycles. The Bertz CT molecular complexity index is 725. The van der Waals surface area contributed by atoms with Crippen molar-refractivity contribution < 1.29 is 9.59 Å². The second kappa shape index (κ2) is 6.76. The third kappa shape index (κ3) is 3.21. The molecule has 1 fully saturated rings. The molecule has 0 radical (unpaired) electrons. The summed E-state index contributed by atoms with van der Waals surface area (Å²) in [5.74, 6) is -0.0803. The lowest BCUT2D eigenvalue weighted by atomic mass is 9.84. The van der Waals surface area contributed by atoms with E-state index in [1.807, 2.05) is 31.7 Å². The first-order valence-corrected chi connectivity index (χ1v) is 8.92. The Kier molecular flexibility index (Phi) is 4.71. The van der Waals surface area contributed by atoms with E-state index < -0.39 is 0 Å². The summed E-state index contributed by atoms with van der Waals surface area (Å²) in [7, 11) is 5.45. The number of carbonyl (C=O) groups excluding carboxylic acids is 2. The summed E-state index contributed by atoms with van der Waals surface area (Å²) >= 11 is 1.63. The summed E-state index contributed by atoms with van der Waals surface area (Å²) in [6.07, 6.45) is 4.63. The number of piperidine rings is 1. The van der Waals surface area contributed by atoms with Crippen LogP contribution in [0.2, 0.25) is 0 Å². The van der Waals surface area contributed by atoms with Gasteiger partial charge in [0, 0.05) is 45.9 Å². The van der Waals surface area contributed by atoms with E-state index in [-0.39, 0.29) is 23.8 Å². The van der Waals surface area contributed by atoms with Gasteiger partial charge in [-0.1, -0.05) is 0 Å². The first-order chi connectivity index (χ1) is 11.5. The second-order valence-corrected chi connectivity index (χ2v) is 7.15. The van der Waals surface area contributed by atoms with E-state index in [2.05, 4.69) is 10.5 Å². The quantitative estimate of drug-likeness (QED) is 0.851. The topological polar surface area (TPSA) is 58.4 Å². The van der Waals surface area contributed by atoms with Crippen LogP contribution in [0.25, 0.3) is 0 Å². The maximum absolute atomic E-state index is 13.0. The second-order valence-electron chi connectivity index (χ2n) is 6.37. The molecule has 0 unspecified atom stereocenters. The molecule has 7 heteroatoms. The standard InChI is InChI=1S/C17H22N4O2S/c1-19(9-12-6-7-24-11-12)17(23)14-4-5-15(22)21(3)16(14)13-8-18-20(2)10-13/h6-8,10-11,14,16H,4-5,9H2,1-3H3/t14-,16-/m0/s1. The molecule has 2 aromatic rings. The van der Waals surface area contributed by atoms with Crippen molar-refractivity contribution in [2.45, 2.75) is 25.4 Å². The Labute approximate surface area is 145 Å². The largest absolute Gasteiger partial charge is 0.341 e. The van der Waals surface area contributed by atoms with Crippen molar-refractivity contribution in [2.24, 2.45) is 13.0 Å². The van der Waals surface area contributed by atoms with Crippen molar-refractivity contribution in [2.75, 3.05) is 14.1 Å². The highest BCUT2D eigenvalue weighted by atomic mass is 32.1. The average Bonchev–Trinajstić information content (AvgIpc) is 3.20. The van der Waals surface area contributed by atoms with E-state index in [0.717, 1.165) is 11.1 Å². The van der Waals surface area contributed by atoms with Crippen LogP contribution in [-0.2, 0) is 23.2 Å². The number of nitrogens with zero attached hydrogens (tertiary/aromatic N) is 4. The SMILES string of the molecule is CN(Cc1ccsc1)C(=O)[C@H]1CCC(=O)N(C)[C@H]1c1cnn(C)c1. The number of aromatic nitrogens is 2. The Hall–Kier alpha value is -2.15.